The summed E-state index contributed by atoms with van der Waals surface area (Å²) in [4.78, 5) is 24.1. The maximum Gasteiger partial charge on any atom is 0.418 e. The molecule has 4 N–H and O–H groups in total. The molecule has 0 aliphatic rings. The largest absolute Gasteiger partial charge is 0.444 e. The zero-order chi connectivity index (χ0) is 21.1. The highest BCUT2D eigenvalue weighted by molar-refractivity contribution is 6.08. The Kier molecular flexibility index (Phi) is 5.86. The monoisotopic (exact) mass is 395 g/mol. The van der Waals surface area contributed by atoms with Crippen molar-refractivity contribution in [1.29, 1.82) is 0 Å². The Morgan fingerprint density at radius 1 is 1.00 bits per heavy atom. The molecule has 0 aliphatic carbocycles. The van der Waals surface area contributed by atoms with Crippen LogP contribution in [-0.2, 0) is 10.9 Å². The van der Waals surface area contributed by atoms with Gasteiger partial charge in [-0.3, -0.25) is 10.1 Å². The lowest BCUT2D eigenvalue weighted by atomic mass is 10.1. The van der Waals surface area contributed by atoms with Crippen LogP contribution < -0.4 is 16.4 Å². The number of amides is 2. The van der Waals surface area contributed by atoms with Crippen molar-refractivity contribution in [3.8, 4) is 0 Å². The van der Waals surface area contributed by atoms with Crippen LogP contribution in [0.5, 0.6) is 0 Å². The molecule has 2 aromatic carbocycles. The number of carbonyl (C=O) groups is 2. The number of hydrogen-bond donors (Lipinski definition) is 3. The first kappa shape index (κ1) is 21.1. The average Bonchev–Trinajstić information content (AvgIpc) is 2.53. The van der Waals surface area contributed by atoms with Gasteiger partial charge < -0.3 is 15.8 Å². The molecule has 2 amide bonds. The van der Waals surface area contributed by atoms with Gasteiger partial charge in [-0.25, -0.2) is 4.79 Å². The highest BCUT2D eigenvalue weighted by Crippen LogP contribution is 2.37. The van der Waals surface area contributed by atoms with Gasteiger partial charge in [0.15, 0.2) is 0 Å². The second-order valence-corrected chi connectivity index (χ2v) is 6.93. The number of ether oxygens (including phenoxy) is 1. The number of nitrogens with one attached hydrogen (secondary N) is 2. The van der Waals surface area contributed by atoms with Crippen molar-refractivity contribution in [2.45, 2.75) is 32.5 Å². The van der Waals surface area contributed by atoms with E-state index in [0.717, 1.165) is 6.07 Å². The van der Waals surface area contributed by atoms with Crippen LogP contribution in [0, 0.1) is 0 Å². The molecular formula is C19H20F3N3O3. The summed E-state index contributed by atoms with van der Waals surface area (Å²) in [6.45, 7) is 4.88. The Morgan fingerprint density at radius 2 is 1.64 bits per heavy atom. The molecule has 0 spiro atoms. The molecule has 2 rings (SSSR count). The Balaban J connectivity index is 2.29. The Labute approximate surface area is 159 Å². The van der Waals surface area contributed by atoms with E-state index in [-0.39, 0.29) is 16.9 Å². The van der Waals surface area contributed by atoms with Gasteiger partial charge in [0, 0.05) is 11.4 Å². The standard InChI is InChI=1S/C19H20F3N3O3/c1-18(2,3)28-17(27)24-11-8-9-15(13(10-11)19(20,21)22)25-16(26)12-6-4-5-7-14(12)23/h4-10H,23H2,1-3H3,(H,24,27)(H,25,26). The topological polar surface area (TPSA) is 93.5 Å². The molecule has 0 unspecified atom stereocenters. The summed E-state index contributed by atoms with van der Waals surface area (Å²) in [6.07, 6.45) is -5.66. The van der Waals surface area contributed by atoms with E-state index in [1.807, 2.05) is 0 Å². The van der Waals surface area contributed by atoms with Crippen molar-refractivity contribution >= 4 is 29.1 Å². The van der Waals surface area contributed by atoms with Crippen LogP contribution in [0.4, 0.5) is 35.0 Å². The van der Waals surface area contributed by atoms with Crippen LogP contribution in [0.3, 0.4) is 0 Å². The molecule has 9 heteroatoms. The molecule has 0 bridgehead atoms. The van der Waals surface area contributed by atoms with Gasteiger partial charge in [-0.15, -0.1) is 0 Å². The third-order valence-corrected chi connectivity index (χ3v) is 3.42. The molecule has 150 valence electrons. The molecule has 28 heavy (non-hydrogen) atoms. The van der Waals surface area contributed by atoms with E-state index in [9.17, 15) is 22.8 Å². The van der Waals surface area contributed by atoms with E-state index in [2.05, 4.69) is 10.6 Å². The van der Waals surface area contributed by atoms with Gasteiger partial charge in [0.1, 0.15) is 5.60 Å². The predicted octanol–water partition coefficient (Wildman–Crippen LogP) is 4.89. The van der Waals surface area contributed by atoms with Crippen molar-refractivity contribution in [2.24, 2.45) is 0 Å². The van der Waals surface area contributed by atoms with E-state index >= 15 is 0 Å². The number of nitrogen functional groups attached to an aromatic ring is 1. The first-order valence-corrected chi connectivity index (χ1v) is 8.24. The lowest BCUT2D eigenvalue weighted by molar-refractivity contribution is -0.136. The van der Waals surface area contributed by atoms with Crippen LogP contribution in [0.1, 0.15) is 36.7 Å². The highest BCUT2D eigenvalue weighted by Gasteiger charge is 2.34. The van der Waals surface area contributed by atoms with E-state index in [1.165, 1.54) is 18.2 Å². The summed E-state index contributed by atoms with van der Waals surface area (Å²) in [5, 5.41) is 4.45. The first-order valence-electron chi connectivity index (χ1n) is 8.24. The molecule has 2 aromatic rings. The normalized spacial score (nSPS) is 11.6. The number of para-hydroxylation sites is 1. The number of rotatable bonds is 3. The second-order valence-electron chi connectivity index (χ2n) is 6.93. The number of anilines is 3. The van der Waals surface area contributed by atoms with Gasteiger partial charge in [0.2, 0.25) is 0 Å². The maximum absolute atomic E-state index is 13.4. The summed E-state index contributed by atoms with van der Waals surface area (Å²) in [7, 11) is 0. The van der Waals surface area contributed by atoms with Crippen LogP contribution in [0.15, 0.2) is 42.5 Å². The average molecular weight is 395 g/mol. The zero-order valence-corrected chi connectivity index (χ0v) is 15.5. The fourth-order valence-corrected chi connectivity index (χ4v) is 2.28. The van der Waals surface area contributed by atoms with Crippen molar-refractivity contribution in [3.63, 3.8) is 0 Å². The summed E-state index contributed by atoms with van der Waals surface area (Å²) >= 11 is 0. The summed E-state index contributed by atoms with van der Waals surface area (Å²) in [5.74, 6) is -0.781. The number of nitrogens with two attached hydrogens (primary N) is 1. The van der Waals surface area contributed by atoms with Crippen LogP contribution in [0.2, 0.25) is 0 Å². The first-order chi connectivity index (χ1) is 12.9. The van der Waals surface area contributed by atoms with Crippen molar-refractivity contribution < 1.29 is 27.5 Å². The number of carbonyl (C=O) groups excluding carboxylic acids is 2. The van der Waals surface area contributed by atoms with E-state index < -0.39 is 35.0 Å². The van der Waals surface area contributed by atoms with Gasteiger partial charge >= 0.3 is 12.3 Å². The minimum Gasteiger partial charge on any atom is -0.444 e. The highest BCUT2D eigenvalue weighted by atomic mass is 19.4. The molecule has 0 saturated carbocycles. The third kappa shape index (κ3) is 5.63. The molecule has 0 radical (unpaired) electrons. The maximum atomic E-state index is 13.4. The third-order valence-electron chi connectivity index (χ3n) is 3.42. The van der Waals surface area contributed by atoms with Crippen molar-refractivity contribution in [2.75, 3.05) is 16.4 Å². The fraction of sp³-hybridized carbons (Fsp3) is 0.263. The molecular weight excluding hydrogens is 375 g/mol. The minimum atomic E-state index is -4.77. The van der Waals surface area contributed by atoms with Crippen LogP contribution >= 0.6 is 0 Å². The molecule has 0 atom stereocenters. The van der Waals surface area contributed by atoms with Gasteiger partial charge in [0.05, 0.1) is 16.8 Å². The zero-order valence-electron chi connectivity index (χ0n) is 15.5. The van der Waals surface area contributed by atoms with Gasteiger partial charge in [-0.2, -0.15) is 13.2 Å². The molecule has 0 saturated heterocycles. The quantitative estimate of drug-likeness (QED) is 0.645. The minimum absolute atomic E-state index is 0.0478. The number of halogens is 3. The SMILES string of the molecule is CC(C)(C)OC(=O)Nc1ccc(NC(=O)c2ccccc2N)c(C(F)(F)F)c1. The molecule has 0 fully saturated rings. The van der Waals surface area contributed by atoms with E-state index in [0.29, 0.717) is 6.07 Å². The Bertz CT molecular complexity index is 890. The van der Waals surface area contributed by atoms with E-state index in [4.69, 9.17) is 10.5 Å². The molecule has 0 aliphatic heterocycles. The van der Waals surface area contributed by atoms with Gasteiger partial charge in [-0.05, 0) is 51.1 Å². The lowest BCUT2D eigenvalue weighted by Gasteiger charge is -2.20. The number of benzene rings is 2. The fourth-order valence-electron chi connectivity index (χ4n) is 2.28. The molecule has 0 heterocycles. The number of hydrogen-bond acceptors (Lipinski definition) is 4. The smallest absolute Gasteiger partial charge is 0.418 e. The summed E-state index contributed by atoms with van der Waals surface area (Å²) in [5.41, 5.74) is 3.35. The van der Waals surface area contributed by atoms with Gasteiger partial charge in [0.25, 0.3) is 5.91 Å². The Morgan fingerprint density at radius 3 is 2.21 bits per heavy atom. The Hall–Kier alpha value is -3.23. The predicted molar refractivity (Wildman–Crippen MR) is 100 cm³/mol. The van der Waals surface area contributed by atoms with Gasteiger partial charge in [-0.1, -0.05) is 12.1 Å². The van der Waals surface area contributed by atoms with Crippen molar-refractivity contribution in [1.82, 2.24) is 0 Å². The second kappa shape index (κ2) is 7.79. The summed E-state index contributed by atoms with van der Waals surface area (Å²) in [6, 6.07) is 9.00. The number of alkyl halides is 3. The molecule has 0 aromatic heterocycles. The lowest BCUT2D eigenvalue weighted by Crippen LogP contribution is -2.27. The van der Waals surface area contributed by atoms with Crippen LogP contribution in [-0.4, -0.2) is 17.6 Å². The summed E-state index contributed by atoms with van der Waals surface area (Å²) < 4.78 is 45.4. The molecule has 6 nitrogen and oxygen atoms in total. The van der Waals surface area contributed by atoms with E-state index in [1.54, 1.807) is 32.9 Å². The van der Waals surface area contributed by atoms with Crippen LogP contribution in [0.25, 0.3) is 0 Å². The van der Waals surface area contributed by atoms with Crippen molar-refractivity contribution in [3.05, 3.63) is 53.6 Å².